The molecule has 0 saturated carbocycles. The van der Waals surface area contributed by atoms with Crippen LogP contribution in [0.4, 0.5) is 0 Å². The second kappa shape index (κ2) is 10.3. The zero-order chi connectivity index (χ0) is 24.2. The van der Waals surface area contributed by atoms with Gasteiger partial charge in [0.1, 0.15) is 12.5 Å². The number of rotatable bonds is 9. The van der Waals surface area contributed by atoms with Gasteiger partial charge in [0.25, 0.3) is 0 Å². The third-order valence-electron chi connectivity index (χ3n) is 7.00. The first-order chi connectivity index (χ1) is 16.3. The Morgan fingerprint density at radius 3 is 2.44 bits per heavy atom. The summed E-state index contributed by atoms with van der Waals surface area (Å²) in [4.78, 5) is 2.46. The van der Waals surface area contributed by atoms with Crippen LogP contribution in [0.5, 0.6) is 5.75 Å². The first-order valence-corrected chi connectivity index (χ1v) is 16.0. The average Bonchev–Trinajstić information content (AvgIpc) is 3.21. The van der Waals surface area contributed by atoms with E-state index in [0.717, 1.165) is 67.3 Å². The van der Waals surface area contributed by atoms with Crippen molar-refractivity contribution in [2.75, 3.05) is 26.8 Å². The maximum Gasteiger partial charge on any atom is 0.122 e. The van der Waals surface area contributed by atoms with E-state index in [-0.39, 0.29) is 0 Å². The lowest BCUT2D eigenvalue weighted by Crippen LogP contribution is -2.41. The molecule has 6 heteroatoms. The van der Waals surface area contributed by atoms with Crippen molar-refractivity contribution >= 4 is 19.0 Å². The van der Waals surface area contributed by atoms with Crippen molar-refractivity contribution in [1.29, 1.82) is 5.26 Å². The molecule has 0 unspecified atom stereocenters. The van der Waals surface area contributed by atoms with Gasteiger partial charge in [0.05, 0.1) is 24.1 Å². The molecule has 5 nitrogen and oxygen atoms in total. The van der Waals surface area contributed by atoms with Gasteiger partial charge >= 0.3 is 0 Å². The minimum atomic E-state index is -1.14. The third kappa shape index (κ3) is 5.55. The molecule has 1 aliphatic heterocycles. The highest BCUT2D eigenvalue weighted by Crippen LogP contribution is 2.41. The second-order valence-corrected chi connectivity index (χ2v) is 16.3. The van der Waals surface area contributed by atoms with E-state index in [4.69, 9.17) is 9.47 Å². The highest BCUT2D eigenvalue weighted by atomic mass is 28.3. The molecule has 0 spiro atoms. The highest BCUT2D eigenvalue weighted by Gasteiger charge is 2.39. The van der Waals surface area contributed by atoms with Gasteiger partial charge in [0.15, 0.2) is 0 Å². The van der Waals surface area contributed by atoms with E-state index < -0.39 is 13.5 Å². The Morgan fingerprint density at radius 2 is 1.79 bits per heavy atom. The lowest BCUT2D eigenvalue weighted by Gasteiger charge is -2.37. The van der Waals surface area contributed by atoms with Gasteiger partial charge in [-0.1, -0.05) is 50.0 Å². The Kier molecular flexibility index (Phi) is 7.47. The van der Waals surface area contributed by atoms with Crippen LogP contribution < -0.4 is 4.74 Å². The Balaban J connectivity index is 1.56. The van der Waals surface area contributed by atoms with Crippen LogP contribution in [-0.2, 0) is 23.4 Å². The minimum absolute atomic E-state index is 0.483. The molecule has 2 heterocycles. The van der Waals surface area contributed by atoms with Gasteiger partial charge in [-0.3, -0.25) is 4.90 Å². The van der Waals surface area contributed by atoms with E-state index in [2.05, 4.69) is 83.8 Å². The molecule has 1 aromatic heterocycles. The molecular weight excluding hydrogens is 438 g/mol. The third-order valence-corrected chi connectivity index (χ3v) is 8.71. The van der Waals surface area contributed by atoms with E-state index in [1.165, 1.54) is 5.56 Å². The molecule has 3 aromatic rings. The van der Waals surface area contributed by atoms with Crippen molar-refractivity contribution in [3.8, 4) is 11.8 Å². The Bertz CT molecular complexity index is 1140. The topological polar surface area (TPSA) is 50.4 Å². The van der Waals surface area contributed by atoms with Gasteiger partial charge in [0.2, 0.25) is 0 Å². The van der Waals surface area contributed by atoms with Crippen LogP contribution in [0.15, 0.2) is 54.7 Å². The van der Waals surface area contributed by atoms with Gasteiger partial charge in [0, 0.05) is 52.0 Å². The summed E-state index contributed by atoms with van der Waals surface area (Å²) in [7, 11) is 0.553. The summed E-state index contributed by atoms with van der Waals surface area (Å²) < 4.78 is 13.8. The molecule has 0 atom stereocenters. The largest absolute Gasteiger partial charge is 0.497 e. The van der Waals surface area contributed by atoms with Crippen LogP contribution in [-0.4, -0.2) is 44.3 Å². The molecule has 0 aliphatic carbocycles. The molecule has 0 amide bonds. The van der Waals surface area contributed by atoms with Gasteiger partial charge < -0.3 is 14.0 Å². The normalized spacial score (nSPS) is 16.4. The van der Waals surface area contributed by atoms with Crippen molar-refractivity contribution in [2.45, 2.75) is 57.2 Å². The zero-order valence-corrected chi connectivity index (χ0v) is 22.0. The molecule has 0 N–H and O–H groups in total. The van der Waals surface area contributed by atoms with Crippen molar-refractivity contribution in [3.05, 3.63) is 65.9 Å². The molecule has 1 fully saturated rings. The predicted molar refractivity (Wildman–Crippen MR) is 141 cm³/mol. The summed E-state index contributed by atoms with van der Waals surface area (Å²) in [6.45, 7) is 11.1. The molecule has 180 valence electrons. The van der Waals surface area contributed by atoms with E-state index in [0.29, 0.717) is 6.73 Å². The van der Waals surface area contributed by atoms with E-state index in [1.807, 2.05) is 6.07 Å². The van der Waals surface area contributed by atoms with Crippen molar-refractivity contribution in [3.63, 3.8) is 0 Å². The summed E-state index contributed by atoms with van der Waals surface area (Å²) in [5, 5.41) is 11.5. The number of benzene rings is 2. The molecule has 34 heavy (non-hydrogen) atoms. The first-order valence-electron chi connectivity index (χ1n) is 12.3. The lowest BCUT2D eigenvalue weighted by molar-refractivity contribution is 0.0899. The fourth-order valence-electron chi connectivity index (χ4n) is 4.80. The second-order valence-electron chi connectivity index (χ2n) is 10.7. The van der Waals surface area contributed by atoms with Crippen molar-refractivity contribution in [1.82, 2.24) is 9.47 Å². The molecule has 0 radical (unpaired) electrons. The summed E-state index contributed by atoms with van der Waals surface area (Å²) >= 11 is 0. The standard InChI is InChI=1S/C28H37N3O2Si/c1-32-24-10-11-25-26(20-31(27(25)18-24)22-33-16-17-34(2,3)4)28(21-29)12-14-30(15-13-28)19-23-8-6-5-7-9-23/h5-11,18,20H,12-17,19,22H2,1-4H3. The Labute approximate surface area is 204 Å². The lowest BCUT2D eigenvalue weighted by atomic mass is 9.74. The number of ether oxygens (including phenoxy) is 2. The summed E-state index contributed by atoms with van der Waals surface area (Å²) in [6, 6.07) is 20.6. The SMILES string of the molecule is COc1ccc2c(C3(C#N)CCN(Cc4ccccc4)CC3)cn(COCC[Si](C)(C)C)c2c1. The maximum atomic E-state index is 10.4. The number of hydrogen-bond donors (Lipinski definition) is 0. The number of likely N-dealkylation sites (tertiary alicyclic amines) is 1. The van der Waals surface area contributed by atoms with E-state index in [9.17, 15) is 5.26 Å². The molecule has 0 bridgehead atoms. The zero-order valence-electron chi connectivity index (χ0n) is 21.0. The molecule has 4 rings (SSSR count). The number of methoxy groups -OCH3 is 1. The van der Waals surface area contributed by atoms with E-state index >= 15 is 0 Å². The Hall–Kier alpha value is -2.59. The van der Waals surface area contributed by atoms with Gasteiger partial charge in [-0.05, 0) is 42.1 Å². The minimum Gasteiger partial charge on any atom is -0.497 e. The number of hydrogen-bond acceptors (Lipinski definition) is 4. The van der Waals surface area contributed by atoms with Crippen LogP contribution in [0.3, 0.4) is 0 Å². The summed E-state index contributed by atoms with van der Waals surface area (Å²) in [5.74, 6) is 0.823. The van der Waals surface area contributed by atoms with Crippen molar-refractivity contribution in [2.24, 2.45) is 0 Å². The first kappa shape index (κ1) is 24.5. The highest BCUT2D eigenvalue weighted by molar-refractivity contribution is 6.76. The predicted octanol–water partition coefficient (Wildman–Crippen LogP) is 6.02. The average molecular weight is 476 g/mol. The van der Waals surface area contributed by atoms with Gasteiger partial charge in [-0.15, -0.1) is 0 Å². The quantitative estimate of drug-likeness (QED) is 0.280. The van der Waals surface area contributed by atoms with Crippen LogP contribution in [0.1, 0.15) is 24.0 Å². The van der Waals surface area contributed by atoms with Crippen molar-refractivity contribution < 1.29 is 9.47 Å². The summed E-state index contributed by atoms with van der Waals surface area (Å²) in [5.41, 5.74) is 3.04. The number of nitrogens with zero attached hydrogens (tertiary/aromatic N) is 3. The number of piperidine rings is 1. The van der Waals surface area contributed by atoms with Gasteiger partial charge in [-0.2, -0.15) is 5.26 Å². The Morgan fingerprint density at radius 1 is 1.06 bits per heavy atom. The number of aromatic nitrogens is 1. The fourth-order valence-corrected chi connectivity index (χ4v) is 5.56. The van der Waals surface area contributed by atoms with Crippen LogP contribution in [0, 0.1) is 11.3 Å². The van der Waals surface area contributed by atoms with Crippen LogP contribution in [0.25, 0.3) is 10.9 Å². The molecule has 1 saturated heterocycles. The van der Waals surface area contributed by atoms with Crippen LogP contribution in [0.2, 0.25) is 25.7 Å². The smallest absolute Gasteiger partial charge is 0.122 e. The number of nitriles is 1. The molecular formula is C28H37N3O2Si. The molecule has 2 aromatic carbocycles. The monoisotopic (exact) mass is 475 g/mol. The maximum absolute atomic E-state index is 10.4. The van der Waals surface area contributed by atoms with E-state index in [1.54, 1.807) is 7.11 Å². The summed E-state index contributed by atoms with van der Waals surface area (Å²) in [6.07, 6.45) is 3.82. The number of fused-ring (bicyclic) bond motifs is 1. The fraction of sp³-hybridized carbons (Fsp3) is 0.464. The molecule has 1 aliphatic rings. The van der Waals surface area contributed by atoms with Gasteiger partial charge in [-0.25, -0.2) is 0 Å². The van der Waals surface area contributed by atoms with Crippen LogP contribution >= 0.6 is 0 Å².